The summed E-state index contributed by atoms with van der Waals surface area (Å²) in [5, 5.41) is 12.1. The molecule has 1 aliphatic rings. The van der Waals surface area contributed by atoms with Crippen LogP contribution in [0, 0.1) is 5.92 Å². The lowest BCUT2D eigenvalue weighted by Gasteiger charge is -2.35. The summed E-state index contributed by atoms with van der Waals surface area (Å²) in [4.78, 5) is 12.1. The molecule has 0 saturated heterocycles. The molecule has 0 aromatic heterocycles. The van der Waals surface area contributed by atoms with Crippen LogP contribution >= 0.6 is 0 Å². The number of aliphatic hydroxyl groups excluding tert-OH is 1. The summed E-state index contributed by atoms with van der Waals surface area (Å²) >= 11 is 0. The molecule has 4 N–H and O–H groups in total. The van der Waals surface area contributed by atoms with Gasteiger partial charge in [0.05, 0.1) is 6.61 Å². The monoisotopic (exact) mass is 248 g/mol. The van der Waals surface area contributed by atoms with Crippen LogP contribution < -0.4 is 11.1 Å². The number of anilines is 1. The van der Waals surface area contributed by atoms with E-state index in [-0.39, 0.29) is 18.4 Å². The first-order valence-electron chi connectivity index (χ1n) is 6.39. The van der Waals surface area contributed by atoms with E-state index in [1.807, 2.05) is 30.3 Å². The summed E-state index contributed by atoms with van der Waals surface area (Å²) in [7, 11) is 0. The second-order valence-electron chi connectivity index (χ2n) is 5.15. The van der Waals surface area contributed by atoms with Gasteiger partial charge in [0, 0.05) is 17.1 Å². The Hall–Kier alpha value is -1.39. The number of aliphatic hydroxyl groups is 1. The zero-order chi connectivity index (χ0) is 13.0. The van der Waals surface area contributed by atoms with Crippen LogP contribution in [0.2, 0.25) is 0 Å². The first-order valence-corrected chi connectivity index (χ1v) is 6.39. The van der Waals surface area contributed by atoms with Crippen molar-refractivity contribution in [3.63, 3.8) is 0 Å². The molecule has 0 atom stereocenters. The van der Waals surface area contributed by atoms with Gasteiger partial charge in [-0.25, -0.2) is 0 Å². The second-order valence-corrected chi connectivity index (χ2v) is 5.15. The Kier molecular flexibility index (Phi) is 3.99. The van der Waals surface area contributed by atoms with Crippen molar-refractivity contribution in [1.29, 1.82) is 0 Å². The van der Waals surface area contributed by atoms with Gasteiger partial charge in [-0.05, 0) is 37.8 Å². The fourth-order valence-corrected chi connectivity index (χ4v) is 2.38. The van der Waals surface area contributed by atoms with Crippen LogP contribution in [0.25, 0.3) is 0 Å². The Labute approximate surface area is 107 Å². The number of nitrogens with one attached hydrogen (secondary N) is 1. The van der Waals surface area contributed by atoms with Gasteiger partial charge in [0.2, 0.25) is 5.91 Å². The highest BCUT2D eigenvalue weighted by atomic mass is 16.3. The predicted octanol–water partition coefficient (Wildman–Crippen LogP) is 1.51. The van der Waals surface area contributed by atoms with Gasteiger partial charge < -0.3 is 16.2 Å². The third-order valence-corrected chi connectivity index (χ3v) is 3.71. The van der Waals surface area contributed by atoms with Crippen molar-refractivity contribution in [2.75, 3.05) is 11.9 Å². The normalized spacial score (nSPS) is 27.8. The van der Waals surface area contributed by atoms with E-state index in [4.69, 9.17) is 5.73 Å². The molecule has 4 heteroatoms. The average molecular weight is 248 g/mol. The van der Waals surface area contributed by atoms with E-state index in [1.54, 1.807) is 0 Å². The fourth-order valence-electron chi connectivity index (χ4n) is 2.38. The quantitative estimate of drug-likeness (QED) is 0.759. The Morgan fingerprint density at radius 3 is 2.50 bits per heavy atom. The molecule has 18 heavy (non-hydrogen) atoms. The number of para-hydroxylation sites is 1. The lowest BCUT2D eigenvalue weighted by Crippen LogP contribution is -2.47. The van der Waals surface area contributed by atoms with Gasteiger partial charge in [0.1, 0.15) is 0 Å². The van der Waals surface area contributed by atoms with Gasteiger partial charge >= 0.3 is 0 Å². The van der Waals surface area contributed by atoms with Crippen LogP contribution in [0.15, 0.2) is 30.3 Å². The molecule has 1 aliphatic carbocycles. The molecule has 0 aliphatic heterocycles. The molecule has 1 saturated carbocycles. The third-order valence-electron chi connectivity index (χ3n) is 3.71. The standard InChI is InChI=1S/C14H20N2O2/c15-14(10-17)8-6-11(7-9-14)13(18)16-12-4-2-1-3-5-12/h1-5,11,17H,6-10,15H2,(H,16,18). The van der Waals surface area contributed by atoms with Crippen LogP contribution in [0.5, 0.6) is 0 Å². The molecule has 0 radical (unpaired) electrons. The SMILES string of the molecule is NC1(CO)CCC(C(=O)Nc2ccccc2)CC1. The molecule has 2 rings (SSSR count). The second kappa shape index (κ2) is 5.50. The predicted molar refractivity (Wildman–Crippen MR) is 71.0 cm³/mol. The number of rotatable bonds is 3. The molecule has 0 bridgehead atoms. The van der Waals surface area contributed by atoms with Crippen molar-refractivity contribution >= 4 is 11.6 Å². The highest BCUT2D eigenvalue weighted by molar-refractivity contribution is 5.92. The minimum Gasteiger partial charge on any atom is -0.394 e. The molecular weight excluding hydrogens is 228 g/mol. The van der Waals surface area contributed by atoms with Crippen LogP contribution in [-0.2, 0) is 4.79 Å². The number of nitrogens with two attached hydrogens (primary N) is 1. The zero-order valence-corrected chi connectivity index (χ0v) is 10.4. The van der Waals surface area contributed by atoms with E-state index in [0.29, 0.717) is 12.8 Å². The van der Waals surface area contributed by atoms with E-state index >= 15 is 0 Å². The highest BCUT2D eigenvalue weighted by Crippen LogP contribution is 2.30. The lowest BCUT2D eigenvalue weighted by molar-refractivity contribution is -0.121. The van der Waals surface area contributed by atoms with Crippen LogP contribution in [0.4, 0.5) is 5.69 Å². The topological polar surface area (TPSA) is 75.3 Å². The molecular formula is C14H20N2O2. The maximum atomic E-state index is 12.1. The van der Waals surface area contributed by atoms with Crippen molar-refractivity contribution in [2.45, 2.75) is 31.2 Å². The van der Waals surface area contributed by atoms with E-state index in [9.17, 15) is 9.90 Å². The first-order chi connectivity index (χ1) is 8.63. The molecule has 4 nitrogen and oxygen atoms in total. The average Bonchev–Trinajstić information content (AvgIpc) is 2.40. The molecule has 1 aromatic carbocycles. The largest absolute Gasteiger partial charge is 0.394 e. The van der Waals surface area contributed by atoms with Crippen molar-refractivity contribution in [1.82, 2.24) is 0 Å². The summed E-state index contributed by atoms with van der Waals surface area (Å²) in [5.41, 5.74) is 6.34. The maximum absolute atomic E-state index is 12.1. The molecule has 1 aromatic rings. The highest BCUT2D eigenvalue weighted by Gasteiger charge is 2.33. The third kappa shape index (κ3) is 3.09. The van der Waals surface area contributed by atoms with E-state index in [0.717, 1.165) is 18.5 Å². The Morgan fingerprint density at radius 1 is 1.33 bits per heavy atom. The zero-order valence-electron chi connectivity index (χ0n) is 10.4. The minimum atomic E-state index is -0.483. The Bertz CT molecular complexity index is 398. The summed E-state index contributed by atoms with van der Waals surface area (Å²) in [6.07, 6.45) is 2.90. The number of benzene rings is 1. The van der Waals surface area contributed by atoms with E-state index in [1.165, 1.54) is 0 Å². The molecule has 0 heterocycles. The van der Waals surface area contributed by atoms with Crippen molar-refractivity contribution in [3.8, 4) is 0 Å². The van der Waals surface area contributed by atoms with Crippen LogP contribution in [0.1, 0.15) is 25.7 Å². The van der Waals surface area contributed by atoms with Gasteiger partial charge in [0.15, 0.2) is 0 Å². The molecule has 0 unspecified atom stereocenters. The summed E-state index contributed by atoms with van der Waals surface area (Å²) < 4.78 is 0. The van der Waals surface area contributed by atoms with Gasteiger partial charge in [-0.1, -0.05) is 18.2 Å². The van der Waals surface area contributed by atoms with Crippen LogP contribution in [-0.4, -0.2) is 23.2 Å². The smallest absolute Gasteiger partial charge is 0.227 e. The van der Waals surface area contributed by atoms with E-state index < -0.39 is 5.54 Å². The molecule has 0 spiro atoms. The van der Waals surface area contributed by atoms with E-state index in [2.05, 4.69) is 5.32 Å². The summed E-state index contributed by atoms with van der Waals surface area (Å²) in [6.45, 7) is 0.0000241. The summed E-state index contributed by atoms with van der Waals surface area (Å²) in [6, 6.07) is 9.46. The van der Waals surface area contributed by atoms with Crippen molar-refractivity contribution in [3.05, 3.63) is 30.3 Å². The van der Waals surface area contributed by atoms with Crippen molar-refractivity contribution < 1.29 is 9.90 Å². The van der Waals surface area contributed by atoms with Crippen LogP contribution in [0.3, 0.4) is 0 Å². The fraction of sp³-hybridized carbons (Fsp3) is 0.500. The summed E-state index contributed by atoms with van der Waals surface area (Å²) in [5.74, 6) is 0.0645. The lowest BCUT2D eigenvalue weighted by atomic mass is 9.77. The first kappa shape index (κ1) is 13.1. The number of hydrogen-bond acceptors (Lipinski definition) is 3. The number of carbonyl (C=O) groups is 1. The number of hydrogen-bond donors (Lipinski definition) is 3. The maximum Gasteiger partial charge on any atom is 0.227 e. The number of amides is 1. The minimum absolute atomic E-state index is 0.0000241. The molecule has 1 fully saturated rings. The Balaban J connectivity index is 1.88. The van der Waals surface area contributed by atoms with Gasteiger partial charge in [0.25, 0.3) is 0 Å². The van der Waals surface area contributed by atoms with Gasteiger partial charge in [-0.2, -0.15) is 0 Å². The van der Waals surface area contributed by atoms with Crippen molar-refractivity contribution in [2.24, 2.45) is 11.7 Å². The molecule has 98 valence electrons. The van der Waals surface area contributed by atoms with Gasteiger partial charge in [-0.15, -0.1) is 0 Å². The van der Waals surface area contributed by atoms with Gasteiger partial charge in [-0.3, -0.25) is 4.79 Å². The number of carbonyl (C=O) groups excluding carboxylic acids is 1. The molecule has 1 amide bonds. The Morgan fingerprint density at radius 2 is 1.94 bits per heavy atom.